The molecule has 0 aliphatic carbocycles. The van der Waals surface area contributed by atoms with Gasteiger partial charge in [-0.05, 0) is 18.7 Å². The van der Waals surface area contributed by atoms with Crippen LogP contribution in [0, 0.1) is 0 Å². The molecule has 3 nitrogen and oxygen atoms in total. The van der Waals surface area contributed by atoms with Crippen molar-refractivity contribution in [2.45, 2.75) is 6.92 Å². The number of allylic oxidation sites excluding steroid dienone is 1. The summed E-state index contributed by atoms with van der Waals surface area (Å²) in [7, 11) is 0. The minimum atomic E-state index is -0.146. The molecule has 0 unspecified atom stereocenters. The Balaban J connectivity index is 2.72. The molecular weight excluding hydrogens is 150 g/mol. The molecule has 10 heavy (non-hydrogen) atoms. The van der Waals surface area contributed by atoms with Gasteiger partial charge in [0, 0.05) is 0 Å². The van der Waals surface area contributed by atoms with E-state index >= 15 is 0 Å². The maximum absolute atomic E-state index is 10.8. The van der Waals surface area contributed by atoms with Crippen molar-refractivity contribution in [3.05, 3.63) is 11.0 Å². The lowest BCUT2D eigenvalue weighted by molar-refractivity contribution is -0.120. The maximum atomic E-state index is 10.8. The fraction of sp³-hybridized carbons (Fsp3) is 0.333. The number of hydrogen-bond acceptors (Lipinski definition) is 3. The first-order valence-electron chi connectivity index (χ1n) is 2.89. The van der Waals surface area contributed by atoms with E-state index in [1.807, 2.05) is 0 Å². The van der Waals surface area contributed by atoms with Gasteiger partial charge in [-0.3, -0.25) is 9.59 Å². The fourth-order valence-electron chi connectivity index (χ4n) is 0.635. The van der Waals surface area contributed by atoms with Crippen LogP contribution < -0.4 is 5.32 Å². The summed E-state index contributed by atoms with van der Waals surface area (Å²) in [5.74, 6) is -0.146. The van der Waals surface area contributed by atoms with Crippen molar-refractivity contribution in [3.63, 3.8) is 0 Å². The Morgan fingerprint density at radius 3 is 2.80 bits per heavy atom. The second-order valence-electron chi connectivity index (χ2n) is 1.81. The van der Waals surface area contributed by atoms with Gasteiger partial charge >= 0.3 is 0 Å². The van der Waals surface area contributed by atoms with E-state index in [1.54, 1.807) is 13.0 Å². The monoisotopic (exact) mass is 157 g/mol. The summed E-state index contributed by atoms with van der Waals surface area (Å²) in [5.41, 5.74) is 0. The van der Waals surface area contributed by atoms with Crippen molar-refractivity contribution in [3.8, 4) is 0 Å². The molecule has 0 aromatic rings. The Hall–Kier alpha value is -0.770. The van der Waals surface area contributed by atoms with E-state index in [-0.39, 0.29) is 17.6 Å². The molecule has 0 atom stereocenters. The van der Waals surface area contributed by atoms with Gasteiger partial charge in [0.25, 0.3) is 5.91 Å². The van der Waals surface area contributed by atoms with Gasteiger partial charge in [-0.1, -0.05) is 6.08 Å². The molecule has 54 valence electrons. The molecule has 0 bridgehead atoms. The molecule has 0 aromatic carbocycles. The highest BCUT2D eigenvalue weighted by atomic mass is 32.2. The predicted molar refractivity (Wildman–Crippen MR) is 39.4 cm³/mol. The van der Waals surface area contributed by atoms with Gasteiger partial charge in [0.1, 0.15) is 0 Å². The van der Waals surface area contributed by atoms with Crippen LogP contribution in [0.3, 0.4) is 0 Å². The summed E-state index contributed by atoms with van der Waals surface area (Å²) in [6.45, 7) is 1.89. The lowest BCUT2D eigenvalue weighted by atomic mass is 10.4. The van der Waals surface area contributed by atoms with E-state index in [1.165, 1.54) is 0 Å². The van der Waals surface area contributed by atoms with Crippen molar-refractivity contribution < 1.29 is 9.59 Å². The number of hydrogen-bond donors (Lipinski definition) is 1. The summed E-state index contributed by atoms with van der Waals surface area (Å²) < 4.78 is 0. The molecule has 0 saturated carbocycles. The van der Waals surface area contributed by atoms with Crippen LogP contribution >= 0.6 is 11.8 Å². The van der Waals surface area contributed by atoms with Crippen molar-refractivity contribution in [1.29, 1.82) is 0 Å². The van der Waals surface area contributed by atoms with E-state index in [9.17, 15) is 9.59 Å². The van der Waals surface area contributed by atoms with E-state index < -0.39 is 0 Å². The fourth-order valence-corrected chi connectivity index (χ4v) is 1.31. The van der Waals surface area contributed by atoms with Crippen LogP contribution in [-0.2, 0) is 9.59 Å². The van der Waals surface area contributed by atoms with Gasteiger partial charge < -0.3 is 5.32 Å². The van der Waals surface area contributed by atoms with Crippen LogP contribution in [0.15, 0.2) is 11.0 Å². The smallest absolute Gasteiger partial charge is 0.258 e. The van der Waals surface area contributed by atoms with E-state index in [2.05, 4.69) is 5.32 Å². The molecule has 1 heterocycles. The zero-order valence-electron chi connectivity index (χ0n) is 5.51. The van der Waals surface area contributed by atoms with E-state index in [0.29, 0.717) is 4.91 Å². The summed E-state index contributed by atoms with van der Waals surface area (Å²) in [4.78, 5) is 22.0. The van der Waals surface area contributed by atoms with Gasteiger partial charge in [0.15, 0.2) is 0 Å². The third-order valence-electron chi connectivity index (χ3n) is 1.10. The second-order valence-corrected chi connectivity index (χ2v) is 2.91. The first-order chi connectivity index (χ1) is 4.74. The molecule has 0 radical (unpaired) electrons. The topological polar surface area (TPSA) is 46.2 Å². The Labute approximate surface area is 62.9 Å². The van der Waals surface area contributed by atoms with Crippen molar-refractivity contribution in [2.24, 2.45) is 0 Å². The quantitative estimate of drug-likeness (QED) is 0.514. The van der Waals surface area contributed by atoms with E-state index in [0.717, 1.165) is 11.8 Å². The number of nitrogens with one attached hydrogen (secondary N) is 1. The second kappa shape index (κ2) is 2.88. The SMILES string of the molecule is C/C=C1\SC(=O)CNC1=O. The lowest BCUT2D eigenvalue weighted by Crippen LogP contribution is -2.33. The summed E-state index contributed by atoms with van der Waals surface area (Å²) in [6, 6.07) is 0. The van der Waals surface area contributed by atoms with Gasteiger partial charge in [-0.2, -0.15) is 0 Å². The molecule has 1 fully saturated rings. The first kappa shape index (κ1) is 7.34. The van der Waals surface area contributed by atoms with Crippen LogP contribution in [0.1, 0.15) is 6.92 Å². The highest BCUT2D eigenvalue weighted by Gasteiger charge is 2.19. The molecule has 1 aliphatic heterocycles. The van der Waals surface area contributed by atoms with Crippen LogP contribution in [-0.4, -0.2) is 17.6 Å². The Bertz CT molecular complexity index is 210. The predicted octanol–water partition coefficient (Wildman–Crippen LogP) is 0.280. The average molecular weight is 157 g/mol. The Kier molecular flexibility index (Phi) is 2.11. The van der Waals surface area contributed by atoms with Crippen molar-refractivity contribution >= 4 is 22.8 Å². The number of rotatable bonds is 0. The Morgan fingerprint density at radius 1 is 1.60 bits per heavy atom. The molecule has 1 aliphatic rings. The summed E-state index contributed by atoms with van der Waals surface area (Å²) in [5, 5.41) is 2.45. The minimum absolute atomic E-state index is 0.00676. The number of thioether (sulfide) groups is 1. The van der Waals surface area contributed by atoms with Crippen LogP contribution in [0.4, 0.5) is 0 Å². The molecule has 1 saturated heterocycles. The molecular formula is C6H7NO2S. The molecule has 1 N–H and O–H groups in total. The number of amides is 1. The van der Waals surface area contributed by atoms with Gasteiger partial charge in [0.05, 0.1) is 11.4 Å². The lowest BCUT2D eigenvalue weighted by Gasteiger charge is -2.11. The summed E-state index contributed by atoms with van der Waals surface area (Å²) >= 11 is 1.00. The zero-order valence-corrected chi connectivity index (χ0v) is 6.33. The third kappa shape index (κ3) is 1.39. The molecule has 1 amide bonds. The van der Waals surface area contributed by atoms with Gasteiger partial charge in [-0.25, -0.2) is 0 Å². The maximum Gasteiger partial charge on any atom is 0.258 e. The highest BCUT2D eigenvalue weighted by molar-refractivity contribution is 8.17. The standard InChI is InChI=1S/C6H7NO2S/c1-2-4-6(9)7-3-5(8)10-4/h2H,3H2,1H3,(H,7,9)/b4-2-. The van der Waals surface area contributed by atoms with Gasteiger partial charge in [-0.15, -0.1) is 0 Å². The first-order valence-corrected chi connectivity index (χ1v) is 3.71. The third-order valence-corrected chi connectivity index (χ3v) is 2.12. The summed E-state index contributed by atoms with van der Waals surface area (Å²) in [6.07, 6.45) is 1.64. The van der Waals surface area contributed by atoms with Crippen LogP contribution in [0.2, 0.25) is 0 Å². The van der Waals surface area contributed by atoms with Crippen LogP contribution in [0.5, 0.6) is 0 Å². The average Bonchev–Trinajstić information content (AvgIpc) is 1.94. The van der Waals surface area contributed by atoms with Crippen LogP contribution in [0.25, 0.3) is 0 Å². The number of carbonyl (C=O) groups excluding carboxylic acids is 2. The number of carbonyl (C=O) groups is 2. The highest BCUT2D eigenvalue weighted by Crippen LogP contribution is 2.19. The normalized spacial score (nSPS) is 23.1. The largest absolute Gasteiger partial charge is 0.344 e. The molecule has 0 aromatic heterocycles. The van der Waals surface area contributed by atoms with Gasteiger partial charge in [0.2, 0.25) is 5.12 Å². The zero-order chi connectivity index (χ0) is 7.56. The minimum Gasteiger partial charge on any atom is -0.344 e. The van der Waals surface area contributed by atoms with Crippen molar-refractivity contribution in [2.75, 3.05) is 6.54 Å². The molecule has 4 heteroatoms. The van der Waals surface area contributed by atoms with Crippen molar-refractivity contribution in [1.82, 2.24) is 5.32 Å². The molecule has 0 spiro atoms. The van der Waals surface area contributed by atoms with E-state index in [4.69, 9.17) is 0 Å². The Morgan fingerprint density at radius 2 is 2.30 bits per heavy atom. The molecule has 1 rings (SSSR count).